The maximum absolute atomic E-state index is 12.5. The fourth-order valence-electron chi connectivity index (χ4n) is 3.45. The van der Waals surface area contributed by atoms with E-state index < -0.39 is 0 Å². The summed E-state index contributed by atoms with van der Waals surface area (Å²) >= 11 is 0. The number of hydrogen-bond donors (Lipinski definition) is 3. The van der Waals surface area contributed by atoms with Gasteiger partial charge in [-0.1, -0.05) is 12.5 Å². The number of nitrogens with two attached hydrogens (primary N) is 1. The third-order valence-corrected chi connectivity index (χ3v) is 4.78. The second kappa shape index (κ2) is 8.35. The van der Waals surface area contributed by atoms with Crippen molar-refractivity contribution in [3.05, 3.63) is 29.8 Å². The molecule has 2 aliphatic rings. The Kier molecular flexibility index (Phi) is 6.45. The van der Waals surface area contributed by atoms with Crippen molar-refractivity contribution >= 4 is 30.0 Å². The monoisotopic (exact) mass is 352 g/mol. The third-order valence-electron chi connectivity index (χ3n) is 4.78. The zero-order chi connectivity index (χ0) is 16.2. The van der Waals surface area contributed by atoms with Crippen LogP contribution >= 0.6 is 12.4 Å². The van der Waals surface area contributed by atoms with Crippen molar-refractivity contribution in [2.75, 3.05) is 24.5 Å². The minimum atomic E-state index is -0.104. The number of nitrogens with one attached hydrogen (secondary N) is 2. The molecule has 1 heterocycles. The predicted molar refractivity (Wildman–Crippen MR) is 96.7 cm³/mol. The smallest absolute Gasteiger partial charge is 0.321 e. The lowest BCUT2D eigenvalue weighted by Gasteiger charge is -2.27. The first-order valence-corrected chi connectivity index (χ1v) is 8.35. The van der Waals surface area contributed by atoms with E-state index >= 15 is 0 Å². The molecule has 1 aromatic carbocycles. The van der Waals surface area contributed by atoms with Crippen LogP contribution in [0.4, 0.5) is 10.5 Å². The van der Waals surface area contributed by atoms with Gasteiger partial charge in [-0.25, -0.2) is 4.79 Å². The number of rotatable bonds is 4. The molecule has 132 valence electrons. The number of hydrogen-bond acceptors (Lipinski definition) is 3. The Morgan fingerprint density at radius 3 is 2.92 bits per heavy atom. The molecule has 24 heavy (non-hydrogen) atoms. The number of anilines is 1. The lowest BCUT2D eigenvalue weighted by Crippen LogP contribution is -2.46. The normalized spacial score (nSPS) is 23.4. The summed E-state index contributed by atoms with van der Waals surface area (Å²) in [5.41, 5.74) is 7.12. The molecular weight excluding hydrogens is 328 g/mol. The molecular formula is C17H25ClN4O2. The van der Waals surface area contributed by atoms with E-state index in [1.54, 1.807) is 17.0 Å². The van der Waals surface area contributed by atoms with Crippen molar-refractivity contribution in [1.29, 1.82) is 0 Å². The van der Waals surface area contributed by atoms with Crippen molar-refractivity contribution in [3.63, 3.8) is 0 Å². The number of nitrogens with zero attached hydrogens (tertiary/aromatic N) is 1. The van der Waals surface area contributed by atoms with Gasteiger partial charge in [-0.05, 0) is 49.9 Å². The predicted octanol–water partition coefficient (Wildman–Crippen LogP) is 1.89. The van der Waals surface area contributed by atoms with E-state index in [9.17, 15) is 9.59 Å². The summed E-state index contributed by atoms with van der Waals surface area (Å²) in [5.74, 6) is 0.282. The molecule has 1 aromatic rings. The van der Waals surface area contributed by atoms with Crippen molar-refractivity contribution in [2.24, 2.45) is 11.7 Å². The van der Waals surface area contributed by atoms with Crippen molar-refractivity contribution in [2.45, 2.75) is 31.7 Å². The molecule has 2 unspecified atom stereocenters. The third kappa shape index (κ3) is 3.99. The fraction of sp³-hybridized carbons (Fsp3) is 0.529. The first kappa shape index (κ1) is 18.5. The van der Waals surface area contributed by atoms with Crippen molar-refractivity contribution < 1.29 is 9.59 Å². The second-order valence-corrected chi connectivity index (χ2v) is 6.29. The molecule has 0 aromatic heterocycles. The van der Waals surface area contributed by atoms with Crippen LogP contribution in [0.2, 0.25) is 0 Å². The topological polar surface area (TPSA) is 87.5 Å². The molecule has 1 aliphatic heterocycles. The molecule has 6 nitrogen and oxygen atoms in total. The van der Waals surface area contributed by atoms with E-state index in [0.717, 1.165) is 31.4 Å². The number of urea groups is 1. The molecule has 1 aliphatic carbocycles. The number of carbonyl (C=O) groups is 2. The molecule has 3 amide bonds. The highest BCUT2D eigenvalue weighted by molar-refractivity contribution is 5.98. The standard InChI is InChI=1S/C17H24N4O2.ClH/c18-11-13-5-2-7-15(13)20-16(22)12-4-1-6-14(10-12)21-9-3-8-19-17(21)23;/h1,4,6,10,13,15H,2-3,5,7-9,11,18H2,(H,19,23)(H,20,22);1H. The molecule has 4 N–H and O–H groups in total. The van der Waals surface area contributed by atoms with E-state index in [-0.39, 0.29) is 30.4 Å². The van der Waals surface area contributed by atoms with E-state index in [1.807, 2.05) is 12.1 Å². The number of halogens is 1. The van der Waals surface area contributed by atoms with Crippen LogP contribution in [0, 0.1) is 5.92 Å². The number of amides is 3. The Hall–Kier alpha value is -1.79. The Balaban J connectivity index is 0.00000208. The van der Waals surface area contributed by atoms with Crippen LogP contribution in [0.25, 0.3) is 0 Å². The van der Waals surface area contributed by atoms with Gasteiger partial charge in [0.05, 0.1) is 0 Å². The summed E-state index contributed by atoms with van der Waals surface area (Å²) in [5, 5.41) is 5.92. The van der Waals surface area contributed by atoms with Crippen LogP contribution < -0.4 is 21.3 Å². The maximum Gasteiger partial charge on any atom is 0.321 e. The minimum absolute atomic E-state index is 0. The van der Waals surface area contributed by atoms with E-state index in [1.165, 1.54) is 0 Å². The van der Waals surface area contributed by atoms with Gasteiger partial charge in [-0.3, -0.25) is 9.69 Å². The summed E-state index contributed by atoms with van der Waals surface area (Å²) in [7, 11) is 0. The molecule has 2 atom stereocenters. The van der Waals surface area contributed by atoms with Crippen LogP contribution in [0.1, 0.15) is 36.0 Å². The first-order valence-electron chi connectivity index (χ1n) is 8.35. The van der Waals surface area contributed by atoms with Gasteiger partial charge in [0.25, 0.3) is 5.91 Å². The van der Waals surface area contributed by atoms with Gasteiger partial charge in [0.2, 0.25) is 0 Å². The van der Waals surface area contributed by atoms with Gasteiger partial charge in [0.1, 0.15) is 0 Å². The zero-order valence-electron chi connectivity index (χ0n) is 13.7. The zero-order valence-corrected chi connectivity index (χ0v) is 14.5. The van der Waals surface area contributed by atoms with Crippen LogP contribution in [0.15, 0.2) is 24.3 Å². The van der Waals surface area contributed by atoms with Gasteiger partial charge >= 0.3 is 6.03 Å². The summed E-state index contributed by atoms with van der Waals surface area (Å²) in [6.45, 7) is 1.99. The van der Waals surface area contributed by atoms with E-state index in [2.05, 4.69) is 10.6 Å². The highest BCUT2D eigenvalue weighted by Crippen LogP contribution is 2.25. The van der Waals surface area contributed by atoms with Gasteiger partial charge in [0, 0.05) is 30.4 Å². The quantitative estimate of drug-likeness (QED) is 0.773. The molecule has 0 spiro atoms. The maximum atomic E-state index is 12.5. The van der Waals surface area contributed by atoms with Crippen LogP contribution in [-0.4, -0.2) is 37.6 Å². The SMILES string of the molecule is Cl.NCC1CCCC1NC(=O)c1cccc(N2CCCNC2=O)c1. The van der Waals surface area contributed by atoms with E-state index in [4.69, 9.17) is 5.73 Å². The highest BCUT2D eigenvalue weighted by atomic mass is 35.5. The molecule has 7 heteroatoms. The Morgan fingerprint density at radius 2 is 2.17 bits per heavy atom. The summed E-state index contributed by atoms with van der Waals surface area (Å²) < 4.78 is 0. The number of carbonyl (C=O) groups excluding carboxylic acids is 2. The molecule has 0 radical (unpaired) electrons. The van der Waals surface area contributed by atoms with Crippen LogP contribution in [-0.2, 0) is 0 Å². The minimum Gasteiger partial charge on any atom is -0.349 e. The molecule has 1 saturated heterocycles. The van der Waals surface area contributed by atoms with Crippen LogP contribution in [0.5, 0.6) is 0 Å². The van der Waals surface area contributed by atoms with Gasteiger partial charge < -0.3 is 16.4 Å². The summed E-state index contributed by atoms with van der Waals surface area (Å²) in [6.07, 6.45) is 4.08. The average molecular weight is 353 g/mol. The lowest BCUT2D eigenvalue weighted by atomic mass is 10.0. The molecule has 0 bridgehead atoms. The number of benzene rings is 1. The first-order chi connectivity index (χ1) is 11.2. The molecule has 2 fully saturated rings. The highest BCUT2D eigenvalue weighted by Gasteiger charge is 2.28. The van der Waals surface area contributed by atoms with E-state index in [0.29, 0.717) is 31.1 Å². The fourth-order valence-corrected chi connectivity index (χ4v) is 3.45. The molecule has 1 saturated carbocycles. The second-order valence-electron chi connectivity index (χ2n) is 6.29. The Labute approximate surface area is 148 Å². The molecule has 3 rings (SSSR count). The largest absolute Gasteiger partial charge is 0.349 e. The summed E-state index contributed by atoms with van der Waals surface area (Å²) in [4.78, 5) is 26.1. The Morgan fingerprint density at radius 1 is 1.33 bits per heavy atom. The van der Waals surface area contributed by atoms with Crippen molar-refractivity contribution in [1.82, 2.24) is 10.6 Å². The van der Waals surface area contributed by atoms with Gasteiger partial charge in [-0.2, -0.15) is 0 Å². The van der Waals surface area contributed by atoms with Crippen LogP contribution in [0.3, 0.4) is 0 Å². The Bertz CT molecular complexity index is 596. The summed E-state index contributed by atoms with van der Waals surface area (Å²) in [6, 6.07) is 7.31. The van der Waals surface area contributed by atoms with Gasteiger partial charge in [-0.15, -0.1) is 12.4 Å². The average Bonchev–Trinajstić information content (AvgIpc) is 3.02. The van der Waals surface area contributed by atoms with Crippen molar-refractivity contribution in [3.8, 4) is 0 Å². The lowest BCUT2D eigenvalue weighted by molar-refractivity contribution is 0.0928. The van der Waals surface area contributed by atoms with Gasteiger partial charge in [0.15, 0.2) is 0 Å².